The fraction of sp³-hybridized carbons (Fsp3) is 0.714. The highest BCUT2D eigenvalue weighted by Gasteiger charge is 2.10. The number of aliphatic hydroxyl groups is 1. The van der Waals surface area contributed by atoms with Crippen molar-refractivity contribution in [2.24, 2.45) is 5.92 Å². The summed E-state index contributed by atoms with van der Waals surface area (Å²) < 4.78 is 0.860. The molecule has 3 N–H and O–H groups in total. The summed E-state index contributed by atoms with van der Waals surface area (Å²) >= 11 is 3.46. The van der Waals surface area contributed by atoms with E-state index in [2.05, 4.69) is 50.4 Å². The maximum absolute atomic E-state index is 9.08. The van der Waals surface area contributed by atoms with Crippen molar-refractivity contribution in [1.82, 2.24) is 9.97 Å². The Morgan fingerprint density at radius 2 is 2.05 bits per heavy atom. The molecule has 0 aliphatic rings. The Labute approximate surface area is 129 Å². The number of hydrogen-bond acceptors (Lipinski definition) is 5. The number of aliphatic hydroxyl groups excluding tert-OH is 1. The van der Waals surface area contributed by atoms with Gasteiger partial charge in [-0.2, -0.15) is 4.98 Å². The molecule has 0 saturated heterocycles. The third kappa shape index (κ3) is 6.05. The summed E-state index contributed by atoms with van der Waals surface area (Å²) in [5.74, 6) is 1.92. The lowest BCUT2D eigenvalue weighted by molar-refractivity contribution is 0.255. The monoisotopic (exact) mass is 344 g/mol. The van der Waals surface area contributed by atoms with Crippen molar-refractivity contribution in [2.45, 2.75) is 39.5 Å². The van der Waals surface area contributed by atoms with Crippen molar-refractivity contribution in [3.05, 3.63) is 10.7 Å². The van der Waals surface area contributed by atoms with Crippen LogP contribution in [0.2, 0.25) is 0 Å². The summed E-state index contributed by atoms with van der Waals surface area (Å²) in [6.07, 6.45) is 5.85. The molecular weight excluding hydrogens is 320 g/mol. The van der Waals surface area contributed by atoms with Crippen LogP contribution >= 0.6 is 15.9 Å². The van der Waals surface area contributed by atoms with Gasteiger partial charge >= 0.3 is 0 Å². The van der Waals surface area contributed by atoms with Crippen LogP contribution in [-0.4, -0.2) is 34.8 Å². The largest absolute Gasteiger partial charge is 0.396 e. The molecule has 0 radical (unpaired) electrons. The van der Waals surface area contributed by atoms with Gasteiger partial charge in [-0.25, -0.2) is 4.98 Å². The summed E-state index contributed by atoms with van der Waals surface area (Å²) in [6, 6.07) is 0. The van der Waals surface area contributed by atoms with Crippen molar-refractivity contribution in [3.8, 4) is 0 Å². The van der Waals surface area contributed by atoms with Crippen molar-refractivity contribution in [3.63, 3.8) is 0 Å². The SMILES string of the molecule is CCCNc1ncc(Br)c(NCC(CCC)CCO)n1. The Bertz CT molecular complexity index is 383. The van der Waals surface area contributed by atoms with Crippen LogP contribution in [0.15, 0.2) is 10.7 Å². The Morgan fingerprint density at radius 1 is 1.25 bits per heavy atom. The molecule has 1 rings (SSSR count). The van der Waals surface area contributed by atoms with Gasteiger partial charge < -0.3 is 15.7 Å². The van der Waals surface area contributed by atoms with Crippen LogP contribution in [0.1, 0.15) is 39.5 Å². The Morgan fingerprint density at radius 3 is 2.70 bits per heavy atom. The normalized spacial score (nSPS) is 12.2. The van der Waals surface area contributed by atoms with Gasteiger partial charge in [0, 0.05) is 25.9 Å². The number of anilines is 2. The highest BCUT2D eigenvalue weighted by atomic mass is 79.9. The van der Waals surface area contributed by atoms with E-state index in [0.717, 1.165) is 49.1 Å². The van der Waals surface area contributed by atoms with E-state index in [1.807, 2.05) is 0 Å². The zero-order valence-corrected chi connectivity index (χ0v) is 13.9. The first-order chi connectivity index (χ1) is 9.71. The molecule has 1 aromatic rings. The summed E-state index contributed by atoms with van der Waals surface area (Å²) in [5.41, 5.74) is 0. The van der Waals surface area contributed by atoms with Gasteiger partial charge in [0.15, 0.2) is 0 Å². The molecule has 114 valence electrons. The molecule has 0 amide bonds. The second-order valence-electron chi connectivity index (χ2n) is 4.86. The van der Waals surface area contributed by atoms with Crippen LogP contribution in [0.3, 0.4) is 0 Å². The predicted molar refractivity (Wildman–Crippen MR) is 87.1 cm³/mol. The molecule has 1 atom stereocenters. The fourth-order valence-corrected chi connectivity index (χ4v) is 2.32. The molecule has 20 heavy (non-hydrogen) atoms. The van der Waals surface area contributed by atoms with Crippen LogP contribution in [-0.2, 0) is 0 Å². The minimum atomic E-state index is 0.237. The molecular formula is C14H25BrN4O. The molecule has 1 unspecified atom stereocenters. The van der Waals surface area contributed by atoms with E-state index in [9.17, 15) is 0 Å². The lowest BCUT2D eigenvalue weighted by Crippen LogP contribution is -2.17. The number of rotatable bonds is 10. The average molecular weight is 345 g/mol. The van der Waals surface area contributed by atoms with E-state index in [0.29, 0.717) is 11.9 Å². The Hall–Kier alpha value is -0.880. The molecule has 0 aliphatic heterocycles. The summed E-state index contributed by atoms with van der Waals surface area (Å²) in [4.78, 5) is 8.69. The maximum atomic E-state index is 9.08. The molecule has 0 spiro atoms. The van der Waals surface area contributed by atoms with Crippen LogP contribution in [0.5, 0.6) is 0 Å². The topological polar surface area (TPSA) is 70.1 Å². The third-order valence-electron chi connectivity index (χ3n) is 3.07. The smallest absolute Gasteiger partial charge is 0.224 e. The molecule has 5 nitrogen and oxygen atoms in total. The molecule has 6 heteroatoms. The van der Waals surface area contributed by atoms with Crippen LogP contribution in [0.25, 0.3) is 0 Å². The summed E-state index contributed by atoms with van der Waals surface area (Å²) in [6.45, 7) is 6.19. The summed E-state index contributed by atoms with van der Waals surface area (Å²) in [5, 5.41) is 15.6. The summed E-state index contributed by atoms with van der Waals surface area (Å²) in [7, 11) is 0. The van der Waals surface area contributed by atoms with Crippen molar-refractivity contribution in [2.75, 3.05) is 30.3 Å². The second-order valence-corrected chi connectivity index (χ2v) is 5.72. The van der Waals surface area contributed by atoms with Crippen molar-refractivity contribution in [1.29, 1.82) is 0 Å². The molecule has 0 saturated carbocycles. The third-order valence-corrected chi connectivity index (χ3v) is 3.65. The number of halogens is 1. The van der Waals surface area contributed by atoms with Gasteiger partial charge in [-0.15, -0.1) is 0 Å². The second kappa shape index (κ2) is 9.94. The van der Waals surface area contributed by atoms with Crippen LogP contribution in [0, 0.1) is 5.92 Å². The van der Waals surface area contributed by atoms with Crippen molar-refractivity contribution >= 4 is 27.7 Å². The Kier molecular flexibility index (Phi) is 8.53. The van der Waals surface area contributed by atoms with Gasteiger partial charge in [-0.1, -0.05) is 20.3 Å². The van der Waals surface area contributed by atoms with E-state index < -0.39 is 0 Å². The van der Waals surface area contributed by atoms with Crippen molar-refractivity contribution < 1.29 is 5.11 Å². The molecule has 1 heterocycles. The number of aromatic nitrogens is 2. The molecule has 0 fully saturated rings. The quantitative estimate of drug-likeness (QED) is 0.607. The van der Waals surface area contributed by atoms with Crippen LogP contribution in [0.4, 0.5) is 11.8 Å². The lowest BCUT2D eigenvalue weighted by Gasteiger charge is -2.17. The van der Waals surface area contributed by atoms with E-state index in [-0.39, 0.29) is 6.61 Å². The van der Waals surface area contributed by atoms with Gasteiger partial charge in [-0.05, 0) is 41.1 Å². The zero-order chi connectivity index (χ0) is 14.8. The molecule has 1 aromatic heterocycles. The maximum Gasteiger partial charge on any atom is 0.224 e. The Balaban J connectivity index is 2.60. The number of hydrogen-bond donors (Lipinski definition) is 3. The van der Waals surface area contributed by atoms with E-state index >= 15 is 0 Å². The molecule has 0 bridgehead atoms. The van der Waals surface area contributed by atoms with E-state index in [4.69, 9.17) is 5.11 Å². The van der Waals surface area contributed by atoms with Gasteiger partial charge in [0.25, 0.3) is 0 Å². The average Bonchev–Trinajstić information content (AvgIpc) is 2.45. The highest BCUT2D eigenvalue weighted by Crippen LogP contribution is 2.21. The van der Waals surface area contributed by atoms with Gasteiger partial charge in [0.1, 0.15) is 5.82 Å². The standard InChI is InChI=1S/C14H25BrN4O/c1-3-5-11(6-8-20)9-17-13-12(15)10-18-14(19-13)16-7-4-2/h10-11,20H,3-9H2,1-2H3,(H2,16,17,18,19). The van der Waals surface area contributed by atoms with Gasteiger partial charge in [-0.3, -0.25) is 0 Å². The number of nitrogens with one attached hydrogen (secondary N) is 2. The lowest BCUT2D eigenvalue weighted by atomic mass is 10.0. The first-order valence-corrected chi connectivity index (χ1v) is 8.11. The van der Waals surface area contributed by atoms with Gasteiger partial charge in [0.05, 0.1) is 4.47 Å². The molecule has 0 aliphatic carbocycles. The van der Waals surface area contributed by atoms with E-state index in [1.54, 1.807) is 6.20 Å². The molecule has 0 aromatic carbocycles. The minimum absolute atomic E-state index is 0.237. The predicted octanol–water partition coefficient (Wildman–Crippen LogP) is 3.27. The first kappa shape index (κ1) is 17.2. The first-order valence-electron chi connectivity index (χ1n) is 7.32. The fourth-order valence-electron chi connectivity index (χ4n) is 1.99. The highest BCUT2D eigenvalue weighted by molar-refractivity contribution is 9.10. The van der Waals surface area contributed by atoms with Gasteiger partial charge in [0.2, 0.25) is 5.95 Å². The minimum Gasteiger partial charge on any atom is -0.396 e. The zero-order valence-electron chi connectivity index (χ0n) is 12.3. The number of nitrogens with zero attached hydrogens (tertiary/aromatic N) is 2. The van der Waals surface area contributed by atoms with Crippen LogP contribution < -0.4 is 10.6 Å². The van der Waals surface area contributed by atoms with E-state index in [1.165, 1.54) is 0 Å².